The van der Waals surface area contributed by atoms with Crippen molar-refractivity contribution in [3.05, 3.63) is 82.3 Å². The van der Waals surface area contributed by atoms with E-state index in [4.69, 9.17) is 23.7 Å². The second-order valence-electron chi connectivity index (χ2n) is 7.56. The third kappa shape index (κ3) is 4.50. The number of aromatic amines is 1. The Morgan fingerprint density at radius 2 is 1.51 bits per heavy atom. The number of carbonyl (C=O) groups excluding carboxylic acids is 1. The van der Waals surface area contributed by atoms with Gasteiger partial charge < -0.3 is 28.7 Å². The number of hydrogen-bond acceptors (Lipinski definition) is 7. The van der Waals surface area contributed by atoms with E-state index in [1.54, 1.807) is 30.3 Å². The van der Waals surface area contributed by atoms with E-state index in [-0.39, 0.29) is 12.3 Å². The van der Waals surface area contributed by atoms with Gasteiger partial charge in [0.1, 0.15) is 18.1 Å². The van der Waals surface area contributed by atoms with E-state index < -0.39 is 11.5 Å². The number of pyridine rings is 1. The molecule has 0 radical (unpaired) electrons. The van der Waals surface area contributed by atoms with Crippen molar-refractivity contribution in [3.8, 4) is 34.1 Å². The van der Waals surface area contributed by atoms with Gasteiger partial charge in [0.2, 0.25) is 5.75 Å². The maximum absolute atomic E-state index is 13.2. The molecule has 1 aromatic heterocycles. The number of ether oxygens (including phenoxy) is 5. The highest BCUT2D eigenvalue weighted by atomic mass is 16.5. The molecule has 0 bridgehead atoms. The van der Waals surface area contributed by atoms with Crippen LogP contribution in [0.2, 0.25) is 0 Å². The third-order valence-corrected chi connectivity index (χ3v) is 5.59. The van der Waals surface area contributed by atoms with Crippen LogP contribution in [0.5, 0.6) is 23.0 Å². The lowest BCUT2D eigenvalue weighted by molar-refractivity contribution is 0.0595. The molecule has 8 heteroatoms. The number of esters is 1. The number of hydrogen-bond donors (Lipinski definition) is 1. The molecule has 0 fully saturated rings. The van der Waals surface area contributed by atoms with Gasteiger partial charge in [0, 0.05) is 10.9 Å². The summed E-state index contributed by atoms with van der Waals surface area (Å²) in [7, 11) is 5.76. The summed E-state index contributed by atoms with van der Waals surface area (Å²) in [5, 5.41) is 0.814. The molecular weight excluding hydrogens is 450 g/mol. The molecule has 3 aromatic carbocycles. The van der Waals surface area contributed by atoms with Crippen molar-refractivity contribution >= 4 is 16.7 Å². The molecule has 1 N–H and O–H groups in total. The number of H-pyrrole nitrogens is 1. The van der Waals surface area contributed by atoms with E-state index >= 15 is 0 Å². The summed E-state index contributed by atoms with van der Waals surface area (Å²) >= 11 is 0. The fourth-order valence-corrected chi connectivity index (χ4v) is 3.98. The van der Waals surface area contributed by atoms with Crippen LogP contribution in [0, 0.1) is 0 Å². The van der Waals surface area contributed by atoms with Gasteiger partial charge in [-0.05, 0) is 29.3 Å². The largest absolute Gasteiger partial charge is 0.493 e. The van der Waals surface area contributed by atoms with Crippen LogP contribution < -0.4 is 24.5 Å². The van der Waals surface area contributed by atoms with Crippen molar-refractivity contribution in [3.63, 3.8) is 0 Å². The van der Waals surface area contributed by atoms with Crippen LogP contribution in [0.4, 0.5) is 0 Å². The van der Waals surface area contributed by atoms with E-state index in [1.807, 2.05) is 30.3 Å². The predicted octanol–water partition coefficient (Wildman–Crippen LogP) is 4.59. The van der Waals surface area contributed by atoms with Crippen LogP contribution in [0.25, 0.3) is 21.9 Å². The Labute approximate surface area is 202 Å². The van der Waals surface area contributed by atoms with Gasteiger partial charge in [0.05, 0.1) is 33.8 Å². The van der Waals surface area contributed by atoms with E-state index in [0.29, 0.717) is 44.9 Å². The minimum Gasteiger partial charge on any atom is -0.493 e. The number of rotatable bonds is 8. The number of carbonyl (C=O) groups is 1. The summed E-state index contributed by atoms with van der Waals surface area (Å²) in [4.78, 5) is 28.6. The first-order chi connectivity index (χ1) is 17.0. The van der Waals surface area contributed by atoms with Crippen LogP contribution in [-0.2, 0) is 11.3 Å². The van der Waals surface area contributed by atoms with Gasteiger partial charge in [-0.1, -0.05) is 42.5 Å². The Kier molecular flexibility index (Phi) is 6.91. The van der Waals surface area contributed by atoms with Crippen LogP contribution in [0.3, 0.4) is 0 Å². The Morgan fingerprint density at radius 1 is 0.829 bits per heavy atom. The zero-order chi connectivity index (χ0) is 24.9. The minimum absolute atomic E-state index is 0.000479. The highest BCUT2D eigenvalue weighted by molar-refractivity contribution is 6.08. The molecule has 0 atom stereocenters. The van der Waals surface area contributed by atoms with Crippen LogP contribution >= 0.6 is 0 Å². The maximum Gasteiger partial charge on any atom is 0.355 e. The average molecular weight is 475 g/mol. The number of benzene rings is 3. The van der Waals surface area contributed by atoms with Crippen molar-refractivity contribution in [2.24, 2.45) is 0 Å². The Hall–Kier alpha value is -4.46. The SMILES string of the molecule is COC(=O)c1[nH]c(=O)c2c(OCc3ccccc3)cccc2c1-c1cc(OC)c(OC)c(OC)c1. The van der Waals surface area contributed by atoms with Gasteiger partial charge in [-0.2, -0.15) is 0 Å². The number of fused-ring (bicyclic) bond motifs is 1. The van der Waals surface area contributed by atoms with Crippen LogP contribution in [0.1, 0.15) is 16.1 Å². The molecule has 4 aromatic rings. The monoisotopic (exact) mass is 475 g/mol. The van der Waals surface area contributed by atoms with Crippen LogP contribution in [-0.4, -0.2) is 39.4 Å². The molecular formula is C27H25NO7. The summed E-state index contributed by atoms with van der Waals surface area (Å²) in [5.41, 5.74) is 1.48. The maximum atomic E-state index is 13.2. The van der Waals surface area contributed by atoms with Crippen molar-refractivity contribution < 1.29 is 28.5 Å². The van der Waals surface area contributed by atoms with Gasteiger partial charge in [0.15, 0.2) is 11.5 Å². The third-order valence-electron chi connectivity index (χ3n) is 5.59. The molecule has 0 spiro atoms. The van der Waals surface area contributed by atoms with Crippen molar-refractivity contribution in [2.75, 3.05) is 28.4 Å². The minimum atomic E-state index is -0.691. The van der Waals surface area contributed by atoms with E-state index in [0.717, 1.165) is 5.56 Å². The first-order valence-corrected chi connectivity index (χ1v) is 10.8. The van der Waals surface area contributed by atoms with Gasteiger partial charge in [-0.3, -0.25) is 4.79 Å². The zero-order valence-electron chi connectivity index (χ0n) is 19.8. The average Bonchev–Trinajstić information content (AvgIpc) is 2.90. The quantitative estimate of drug-likeness (QED) is 0.373. The van der Waals surface area contributed by atoms with Gasteiger partial charge in [-0.15, -0.1) is 0 Å². The van der Waals surface area contributed by atoms with Crippen molar-refractivity contribution in [2.45, 2.75) is 6.61 Å². The molecule has 0 saturated carbocycles. The fourth-order valence-electron chi connectivity index (χ4n) is 3.98. The first kappa shape index (κ1) is 23.7. The van der Waals surface area contributed by atoms with Crippen molar-refractivity contribution in [1.82, 2.24) is 4.98 Å². The molecule has 0 unspecified atom stereocenters. The predicted molar refractivity (Wildman–Crippen MR) is 132 cm³/mol. The number of aromatic nitrogens is 1. The highest BCUT2D eigenvalue weighted by Crippen LogP contribution is 2.43. The Balaban J connectivity index is 1.98. The second-order valence-corrected chi connectivity index (χ2v) is 7.56. The molecule has 0 amide bonds. The molecule has 8 nitrogen and oxygen atoms in total. The summed E-state index contributed by atoms with van der Waals surface area (Å²) in [6.07, 6.45) is 0. The molecule has 180 valence electrons. The molecule has 0 aliphatic heterocycles. The van der Waals surface area contributed by atoms with Gasteiger partial charge >= 0.3 is 5.97 Å². The fraction of sp³-hybridized carbons (Fsp3) is 0.185. The van der Waals surface area contributed by atoms with Crippen molar-refractivity contribution in [1.29, 1.82) is 0 Å². The molecule has 1 heterocycles. The second kappa shape index (κ2) is 10.2. The van der Waals surface area contributed by atoms with E-state index in [2.05, 4.69) is 4.98 Å². The van der Waals surface area contributed by atoms with Gasteiger partial charge in [0.25, 0.3) is 5.56 Å². The molecule has 0 aliphatic carbocycles. The molecule has 4 rings (SSSR count). The Morgan fingerprint density at radius 3 is 2.11 bits per heavy atom. The lowest BCUT2D eigenvalue weighted by Crippen LogP contribution is -2.17. The van der Waals surface area contributed by atoms with Gasteiger partial charge in [-0.25, -0.2) is 4.79 Å². The lowest BCUT2D eigenvalue weighted by Gasteiger charge is -2.17. The molecule has 35 heavy (non-hydrogen) atoms. The highest BCUT2D eigenvalue weighted by Gasteiger charge is 2.24. The standard InChI is InChI=1S/C27H25NO7/c1-31-20-13-17(14-21(32-2)25(20)33-3)22-18-11-8-12-19(35-15-16-9-6-5-7-10-16)23(18)26(29)28-24(22)27(30)34-4/h5-14H,15H2,1-4H3,(H,28,29). The number of nitrogens with one attached hydrogen (secondary N) is 1. The molecule has 0 aliphatic rings. The smallest absolute Gasteiger partial charge is 0.355 e. The zero-order valence-corrected chi connectivity index (χ0v) is 19.8. The van der Waals surface area contributed by atoms with Crippen LogP contribution in [0.15, 0.2) is 65.5 Å². The molecule has 0 saturated heterocycles. The summed E-state index contributed by atoms with van der Waals surface area (Å²) in [5.74, 6) is 0.891. The first-order valence-electron chi connectivity index (χ1n) is 10.8. The van der Waals surface area contributed by atoms with E-state index in [9.17, 15) is 9.59 Å². The summed E-state index contributed by atoms with van der Waals surface area (Å²) < 4.78 is 27.4. The lowest BCUT2D eigenvalue weighted by atomic mass is 9.96. The topological polar surface area (TPSA) is 96.1 Å². The summed E-state index contributed by atoms with van der Waals surface area (Å²) in [6, 6.07) is 18.3. The van der Waals surface area contributed by atoms with E-state index in [1.165, 1.54) is 28.4 Å². The summed E-state index contributed by atoms with van der Waals surface area (Å²) in [6.45, 7) is 0.275. The number of methoxy groups -OCH3 is 4. The Bertz CT molecular complexity index is 1400. The normalized spacial score (nSPS) is 10.6.